The fourth-order valence-corrected chi connectivity index (χ4v) is 5.20. The van der Waals surface area contributed by atoms with Gasteiger partial charge < -0.3 is 14.2 Å². The van der Waals surface area contributed by atoms with E-state index in [-0.39, 0.29) is 24.2 Å². The van der Waals surface area contributed by atoms with Crippen LogP contribution in [0.1, 0.15) is 68.8 Å². The third kappa shape index (κ3) is 6.95. The van der Waals surface area contributed by atoms with Crippen molar-refractivity contribution in [1.29, 1.82) is 0 Å². The third-order valence-electron chi connectivity index (χ3n) is 6.57. The first kappa shape index (κ1) is 28.5. The maximum atomic E-state index is 13.6. The highest BCUT2D eigenvalue weighted by Gasteiger charge is 2.23. The van der Waals surface area contributed by atoms with E-state index in [4.69, 9.17) is 19.2 Å². The van der Waals surface area contributed by atoms with Crippen molar-refractivity contribution in [3.8, 4) is 11.5 Å². The predicted octanol–water partition coefficient (Wildman–Crippen LogP) is 6.16. The lowest BCUT2D eigenvalue weighted by molar-refractivity contribution is -0.149. The number of carbonyl (C=O) groups excluding carboxylic acids is 1. The van der Waals surface area contributed by atoms with Crippen LogP contribution >= 0.6 is 15.9 Å². The highest BCUT2D eigenvalue weighted by Crippen LogP contribution is 2.34. The van der Waals surface area contributed by atoms with Gasteiger partial charge in [0, 0.05) is 16.0 Å². The Morgan fingerprint density at radius 1 is 1.23 bits per heavy atom. The highest BCUT2D eigenvalue weighted by atomic mass is 79.9. The number of methoxy groups -OCH3 is 1. The second-order valence-corrected chi connectivity index (χ2v) is 10.8. The first-order valence-electron chi connectivity index (χ1n) is 13.2. The molecule has 0 atom stereocenters. The first-order valence-corrected chi connectivity index (χ1v) is 14.0. The minimum absolute atomic E-state index is 0.170. The summed E-state index contributed by atoms with van der Waals surface area (Å²) in [5.41, 5.74) is 1.93. The number of esters is 1. The molecule has 0 spiro atoms. The molecule has 1 saturated carbocycles. The van der Waals surface area contributed by atoms with Crippen molar-refractivity contribution in [2.75, 3.05) is 13.7 Å². The van der Waals surface area contributed by atoms with E-state index in [1.807, 2.05) is 18.2 Å². The van der Waals surface area contributed by atoms with Crippen LogP contribution in [0.4, 0.5) is 0 Å². The van der Waals surface area contributed by atoms with Crippen molar-refractivity contribution in [3.05, 3.63) is 74.8 Å². The maximum absolute atomic E-state index is 13.6. The molecule has 1 fully saturated rings. The van der Waals surface area contributed by atoms with Crippen LogP contribution in [0.2, 0.25) is 0 Å². The van der Waals surface area contributed by atoms with Crippen LogP contribution in [0, 0.1) is 0 Å². The van der Waals surface area contributed by atoms with Gasteiger partial charge in [0.2, 0.25) is 0 Å². The Morgan fingerprint density at radius 3 is 2.69 bits per heavy atom. The Hall–Kier alpha value is -3.46. The molecule has 1 heterocycles. The average Bonchev–Trinajstić information content (AvgIpc) is 2.92. The zero-order valence-corrected chi connectivity index (χ0v) is 24.2. The average molecular weight is 597 g/mol. The summed E-state index contributed by atoms with van der Waals surface area (Å²) < 4.78 is 18.8. The van der Waals surface area contributed by atoms with Crippen LogP contribution in [-0.2, 0) is 16.0 Å². The van der Waals surface area contributed by atoms with Crippen LogP contribution in [-0.4, -0.2) is 41.7 Å². The van der Waals surface area contributed by atoms with Crippen molar-refractivity contribution in [2.45, 2.75) is 64.4 Å². The number of hydrogen-bond acceptors (Lipinski definition) is 7. The van der Waals surface area contributed by atoms with E-state index in [9.17, 15) is 9.59 Å². The Bertz CT molecular complexity index is 1440. The number of nitrogens with zero attached hydrogens (tertiary/aromatic N) is 3. The van der Waals surface area contributed by atoms with Crippen LogP contribution < -0.4 is 15.0 Å². The molecule has 0 N–H and O–H groups in total. The maximum Gasteiger partial charge on any atom is 0.344 e. The molecular weight excluding hydrogens is 562 g/mol. The van der Waals surface area contributed by atoms with Gasteiger partial charge in [-0.2, -0.15) is 9.78 Å². The fourth-order valence-electron chi connectivity index (χ4n) is 4.84. The molecule has 0 bridgehead atoms. The Balaban J connectivity index is 1.74. The van der Waals surface area contributed by atoms with E-state index >= 15 is 0 Å². The van der Waals surface area contributed by atoms with E-state index < -0.39 is 5.97 Å². The van der Waals surface area contributed by atoms with Gasteiger partial charge in [0.25, 0.3) is 5.56 Å². The number of ether oxygens (including phenoxy) is 3. The molecule has 2 aromatic carbocycles. The summed E-state index contributed by atoms with van der Waals surface area (Å²) in [4.78, 5) is 30.6. The van der Waals surface area contributed by atoms with E-state index in [2.05, 4.69) is 27.6 Å². The third-order valence-corrected chi connectivity index (χ3v) is 7.06. The topological polar surface area (TPSA) is 92.0 Å². The number of allylic oxidation sites excluding steroid dienone is 1. The van der Waals surface area contributed by atoms with E-state index in [0.29, 0.717) is 40.2 Å². The zero-order valence-electron chi connectivity index (χ0n) is 22.6. The highest BCUT2D eigenvalue weighted by molar-refractivity contribution is 9.10. The molecule has 206 valence electrons. The van der Waals surface area contributed by atoms with Gasteiger partial charge in [-0.25, -0.2) is 9.78 Å². The number of carbonyl (C=O) groups is 1. The molecule has 3 aromatic rings. The molecule has 1 aromatic heterocycles. The second-order valence-electron chi connectivity index (χ2n) is 9.86. The largest absolute Gasteiger partial charge is 0.493 e. The van der Waals surface area contributed by atoms with Crippen molar-refractivity contribution >= 4 is 39.0 Å². The first-order chi connectivity index (χ1) is 18.8. The molecule has 4 rings (SSSR count). The smallest absolute Gasteiger partial charge is 0.344 e. The second kappa shape index (κ2) is 13.1. The van der Waals surface area contributed by atoms with Crippen molar-refractivity contribution in [2.24, 2.45) is 5.10 Å². The summed E-state index contributed by atoms with van der Waals surface area (Å²) in [6.45, 7) is 7.16. The summed E-state index contributed by atoms with van der Waals surface area (Å²) in [5.74, 6) is 1.27. The molecule has 9 heteroatoms. The molecule has 0 radical (unpaired) electrons. The van der Waals surface area contributed by atoms with Crippen molar-refractivity contribution in [3.63, 3.8) is 0 Å². The normalized spacial score (nSPS) is 14.2. The number of aromatic nitrogens is 2. The summed E-state index contributed by atoms with van der Waals surface area (Å²) >= 11 is 3.46. The predicted molar refractivity (Wildman–Crippen MR) is 156 cm³/mol. The summed E-state index contributed by atoms with van der Waals surface area (Å²) in [6.07, 6.45) is 8.98. The van der Waals surface area contributed by atoms with Gasteiger partial charge in [-0.3, -0.25) is 4.79 Å². The van der Waals surface area contributed by atoms with E-state index in [1.165, 1.54) is 18.2 Å². The summed E-state index contributed by atoms with van der Waals surface area (Å²) in [5, 5.41) is 5.15. The van der Waals surface area contributed by atoms with Crippen molar-refractivity contribution in [1.82, 2.24) is 9.66 Å². The lowest BCUT2D eigenvalue weighted by Gasteiger charge is -2.22. The molecule has 0 aliphatic heterocycles. The number of rotatable bonds is 10. The van der Waals surface area contributed by atoms with Gasteiger partial charge >= 0.3 is 5.97 Å². The van der Waals surface area contributed by atoms with Gasteiger partial charge in [0.15, 0.2) is 18.1 Å². The van der Waals surface area contributed by atoms with Crippen LogP contribution in [0.5, 0.6) is 11.5 Å². The fraction of sp³-hybridized carbons (Fsp3) is 0.400. The number of hydrogen-bond donors (Lipinski definition) is 0. The summed E-state index contributed by atoms with van der Waals surface area (Å²) in [6, 6.07) is 9.18. The van der Waals surface area contributed by atoms with Crippen LogP contribution in [0.15, 0.2) is 57.4 Å². The molecular formula is C30H34BrN3O5. The molecule has 1 aliphatic rings. The standard InChI is InChI=1S/C30H34BrN3O5/c1-5-9-22-14-20(15-26(37-4)28(22)38-18-27(35)39-19(2)3)17-32-34-29(21-10-7-6-8-11-21)33-25-13-12-23(31)16-24(25)30(34)36/h5,12-17,19,21H,1,6-11,18H2,2-4H3. The number of halogens is 1. The van der Waals surface area contributed by atoms with Gasteiger partial charge in [-0.05, 0) is 69.0 Å². The van der Waals surface area contributed by atoms with Gasteiger partial charge in [0.1, 0.15) is 5.82 Å². The molecule has 1 aliphatic carbocycles. The SMILES string of the molecule is C=CCc1cc(C=Nn2c(C3CCCCC3)nc3ccc(Br)cc3c2=O)cc(OC)c1OCC(=O)OC(C)C. The lowest BCUT2D eigenvalue weighted by atomic mass is 9.88. The minimum atomic E-state index is -0.465. The van der Waals surface area contributed by atoms with Gasteiger partial charge in [0.05, 0.1) is 30.3 Å². The molecule has 0 amide bonds. The Morgan fingerprint density at radius 2 is 2.00 bits per heavy atom. The number of benzene rings is 2. The van der Waals surface area contributed by atoms with E-state index in [0.717, 1.165) is 35.7 Å². The van der Waals surface area contributed by atoms with Crippen LogP contribution in [0.3, 0.4) is 0 Å². The molecule has 8 nitrogen and oxygen atoms in total. The lowest BCUT2D eigenvalue weighted by Crippen LogP contribution is -2.25. The Labute approximate surface area is 236 Å². The van der Waals surface area contributed by atoms with Crippen molar-refractivity contribution < 1.29 is 19.0 Å². The quantitative estimate of drug-likeness (QED) is 0.158. The molecule has 39 heavy (non-hydrogen) atoms. The molecule has 0 saturated heterocycles. The van der Waals surface area contributed by atoms with Crippen LogP contribution in [0.25, 0.3) is 10.9 Å². The Kier molecular flexibility index (Phi) is 9.56. The monoisotopic (exact) mass is 595 g/mol. The van der Waals surface area contributed by atoms with E-state index in [1.54, 1.807) is 38.3 Å². The van der Waals surface area contributed by atoms with Gasteiger partial charge in [-0.15, -0.1) is 6.58 Å². The molecule has 0 unspecified atom stereocenters. The number of fused-ring (bicyclic) bond motifs is 1. The summed E-state index contributed by atoms with van der Waals surface area (Å²) in [7, 11) is 1.53. The zero-order chi connectivity index (χ0) is 27.9. The minimum Gasteiger partial charge on any atom is -0.493 e. The van der Waals surface area contributed by atoms with Gasteiger partial charge in [-0.1, -0.05) is 41.3 Å².